The molecule has 2 N–H and O–H groups in total. The molecular weight excluding hydrogens is 470 g/mol. The predicted molar refractivity (Wildman–Crippen MR) is 136 cm³/mol. The third-order valence-corrected chi connectivity index (χ3v) is 7.41. The average molecular weight is 494 g/mol. The fourth-order valence-corrected chi connectivity index (χ4v) is 5.49. The van der Waals surface area contributed by atoms with Crippen LogP contribution >= 0.6 is 23.4 Å². The van der Waals surface area contributed by atoms with Crippen molar-refractivity contribution in [2.24, 2.45) is 0 Å². The maximum Gasteiger partial charge on any atom is 0.235 e. The molecule has 1 amide bonds. The number of thioether (sulfide) groups is 1. The first-order valence-corrected chi connectivity index (χ1v) is 12.4. The molecule has 3 aromatic rings. The van der Waals surface area contributed by atoms with Crippen LogP contribution in [0.5, 0.6) is 5.88 Å². The van der Waals surface area contributed by atoms with Crippen molar-refractivity contribution in [3.05, 3.63) is 71.0 Å². The van der Waals surface area contributed by atoms with E-state index in [2.05, 4.69) is 44.9 Å². The molecule has 0 radical (unpaired) electrons. The summed E-state index contributed by atoms with van der Waals surface area (Å²) in [4.78, 5) is 26.5. The fraction of sp³-hybridized carbons (Fsp3) is 0.280. The summed E-state index contributed by atoms with van der Waals surface area (Å²) in [6, 6.07) is 7.73. The third-order valence-electron chi connectivity index (χ3n) is 6.08. The van der Waals surface area contributed by atoms with Crippen LogP contribution in [0.25, 0.3) is 11.0 Å². The number of hydrogen-bond acceptors (Lipinski definition) is 7. The highest BCUT2D eigenvalue weighted by atomic mass is 35.5. The first-order chi connectivity index (χ1) is 16.6. The van der Waals surface area contributed by atoms with Gasteiger partial charge in [-0.15, -0.1) is 11.8 Å². The first-order valence-electron chi connectivity index (χ1n) is 11.1. The zero-order chi connectivity index (χ0) is 23.5. The number of nitrogens with one attached hydrogen (secondary N) is 2. The molecule has 1 aliphatic carbocycles. The SMILES string of the molecule is COc1ccc2ncc(Cl)c(C3(CCNCc4ccc5c(n4)NC(=O)CS5)C=CC=CC3)c2n1. The Labute approximate surface area is 207 Å². The summed E-state index contributed by atoms with van der Waals surface area (Å²) in [5, 5.41) is 6.95. The van der Waals surface area contributed by atoms with E-state index in [1.165, 1.54) is 11.8 Å². The van der Waals surface area contributed by atoms with Gasteiger partial charge in [-0.2, -0.15) is 0 Å². The number of pyridine rings is 3. The molecule has 9 heteroatoms. The molecular formula is C25H24ClN5O2S. The lowest BCUT2D eigenvalue weighted by Crippen LogP contribution is -2.31. The van der Waals surface area contributed by atoms with E-state index >= 15 is 0 Å². The monoisotopic (exact) mass is 493 g/mol. The van der Waals surface area contributed by atoms with Gasteiger partial charge >= 0.3 is 0 Å². The van der Waals surface area contributed by atoms with Crippen LogP contribution in [0.3, 0.4) is 0 Å². The minimum atomic E-state index is -0.326. The van der Waals surface area contributed by atoms with E-state index in [-0.39, 0.29) is 11.3 Å². The predicted octanol–water partition coefficient (Wildman–Crippen LogP) is 4.66. The van der Waals surface area contributed by atoms with Gasteiger partial charge in [0.1, 0.15) is 5.82 Å². The second kappa shape index (κ2) is 9.74. The quantitative estimate of drug-likeness (QED) is 0.462. The van der Waals surface area contributed by atoms with E-state index in [4.69, 9.17) is 21.3 Å². The van der Waals surface area contributed by atoms with Crippen molar-refractivity contribution in [2.75, 3.05) is 24.7 Å². The van der Waals surface area contributed by atoms with Crippen molar-refractivity contribution in [1.29, 1.82) is 0 Å². The summed E-state index contributed by atoms with van der Waals surface area (Å²) >= 11 is 8.25. The van der Waals surface area contributed by atoms with Crippen LogP contribution in [0.2, 0.25) is 5.02 Å². The lowest BCUT2D eigenvalue weighted by atomic mass is 9.72. The first kappa shape index (κ1) is 22.8. The summed E-state index contributed by atoms with van der Waals surface area (Å²) in [5.41, 5.74) is 3.07. The Morgan fingerprint density at radius 3 is 2.97 bits per heavy atom. The van der Waals surface area contributed by atoms with E-state index < -0.39 is 0 Å². The van der Waals surface area contributed by atoms with Gasteiger partial charge in [-0.1, -0.05) is 35.9 Å². The van der Waals surface area contributed by atoms with Crippen LogP contribution < -0.4 is 15.4 Å². The van der Waals surface area contributed by atoms with Crippen LogP contribution in [0.1, 0.15) is 24.1 Å². The zero-order valence-electron chi connectivity index (χ0n) is 18.7. The Morgan fingerprint density at radius 1 is 1.24 bits per heavy atom. The lowest BCUT2D eigenvalue weighted by Gasteiger charge is -2.33. The molecule has 5 rings (SSSR count). The zero-order valence-corrected chi connectivity index (χ0v) is 20.2. The summed E-state index contributed by atoms with van der Waals surface area (Å²) in [6.45, 7) is 1.34. The highest BCUT2D eigenvalue weighted by molar-refractivity contribution is 8.00. The Kier molecular flexibility index (Phi) is 6.54. The molecule has 34 heavy (non-hydrogen) atoms. The van der Waals surface area contributed by atoms with Crippen molar-refractivity contribution in [1.82, 2.24) is 20.3 Å². The number of rotatable bonds is 7. The number of amides is 1. The summed E-state index contributed by atoms with van der Waals surface area (Å²) < 4.78 is 5.37. The minimum absolute atomic E-state index is 0.0131. The summed E-state index contributed by atoms with van der Waals surface area (Å²) in [7, 11) is 1.60. The molecule has 0 aromatic carbocycles. The number of fused-ring (bicyclic) bond motifs is 2. The summed E-state index contributed by atoms with van der Waals surface area (Å²) in [5.74, 6) is 1.60. The topological polar surface area (TPSA) is 89.0 Å². The van der Waals surface area contributed by atoms with Crippen LogP contribution in [-0.2, 0) is 16.8 Å². The van der Waals surface area contributed by atoms with Gasteiger partial charge in [0, 0.05) is 29.8 Å². The van der Waals surface area contributed by atoms with Crippen LogP contribution in [-0.4, -0.2) is 40.3 Å². The van der Waals surface area contributed by atoms with Gasteiger partial charge in [0.2, 0.25) is 11.8 Å². The molecule has 0 saturated heterocycles. The van der Waals surface area contributed by atoms with E-state index in [0.717, 1.165) is 46.6 Å². The highest BCUT2D eigenvalue weighted by Gasteiger charge is 2.34. The molecule has 0 bridgehead atoms. The van der Waals surface area contributed by atoms with E-state index in [1.807, 2.05) is 24.3 Å². The molecule has 2 aliphatic rings. The third kappa shape index (κ3) is 4.53. The number of methoxy groups -OCH3 is 1. The second-order valence-corrected chi connectivity index (χ2v) is 9.69. The van der Waals surface area contributed by atoms with Crippen molar-refractivity contribution in [2.45, 2.75) is 29.7 Å². The number of aromatic nitrogens is 3. The van der Waals surface area contributed by atoms with Gasteiger partial charge in [0.15, 0.2) is 0 Å². The molecule has 0 spiro atoms. The molecule has 3 aromatic heterocycles. The van der Waals surface area contributed by atoms with E-state index in [9.17, 15) is 4.79 Å². The van der Waals surface area contributed by atoms with Crippen molar-refractivity contribution in [3.63, 3.8) is 0 Å². The number of carbonyl (C=O) groups is 1. The molecule has 0 saturated carbocycles. The molecule has 1 aliphatic heterocycles. The van der Waals surface area contributed by atoms with Gasteiger partial charge in [0.25, 0.3) is 0 Å². The van der Waals surface area contributed by atoms with E-state index in [0.29, 0.717) is 29.0 Å². The van der Waals surface area contributed by atoms with Gasteiger partial charge in [0.05, 0.1) is 39.5 Å². The average Bonchev–Trinajstić information content (AvgIpc) is 2.86. The molecule has 4 heterocycles. The van der Waals surface area contributed by atoms with Crippen LogP contribution in [0.15, 0.2) is 59.7 Å². The van der Waals surface area contributed by atoms with Crippen molar-refractivity contribution < 1.29 is 9.53 Å². The standard InChI is InChI=1S/C25H24ClN5O2S/c1-33-21-8-6-18-23(31-21)22(17(26)14-28-18)25(9-3-2-4-10-25)11-12-27-13-16-5-7-19-24(29-16)30-20(32)15-34-19/h2-9,14,27H,10-13,15H2,1H3,(H,29,30,32). The van der Waals surface area contributed by atoms with Gasteiger partial charge < -0.3 is 15.4 Å². The highest BCUT2D eigenvalue weighted by Crippen LogP contribution is 2.42. The van der Waals surface area contributed by atoms with Gasteiger partial charge in [-0.05, 0) is 37.6 Å². The number of halogens is 1. The number of hydrogen-bond donors (Lipinski definition) is 2. The number of allylic oxidation sites excluding steroid dienone is 4. The number of carbonyl (C=O) groups excluding carboxylic acids is 1. The maximum atomic E-state index is 11.7. The lowest BCUT2D eigenvalue weighted by molar-refractivity contribution is -0.113. The summed E-state index contributed by atoms with van der Waals surface area (Å²) in [6.07, 6.45) is 11.8. The normalized spacial score (nSPS) is 19.2. The molecule has 7 nitrogen and oxygen atoms in total. The van der Waals surface area contributed by atoms with Crippen molar-refractivity contribution in [3.8, 4) is 5.88 Å². The molecule has 174 valence electrons. The Bertz CT molecular complexity index is 1310. The molecule has 1 atom stereocenters. The number of nitrogens with zero attached hydrogens (tertiary/aromatic N) is 3. The Hall–Kier alpha value is -2.94. The van der Waals surface area contributed by atoms with Gasteiger partial charge in [-0.3, -0.25) is 9.78 Å². The van der Waals surface area contributed by atoms with Crippen LogP contribution in [0, 0.1) is 0 Å². The largest absolute Gasteiger partial charge is 0.481 e. The Morgan fingerprint density at radius 2 is 2.15 bits per heavy atom. The molecule has 0 fully saturated rings. The minimum Gasteiger partial charge on any atom is -0.481 e. The van der Waals surface area contributed by atoms with Crippen molar-refractivity contribution >= 4 is 46.1 Å². The van der Waals surface area contributed by atoms with E-state index in [1.54, 1.807) is 13.3 Å². The van der Waals surface area contributed by atoms with Gasteiger partial charge in [-0.25, -0.2) is 9.97 Å². The fourth-order valence-electron chi connectivity index (χ4n) is 4.40. The maximum absolute atomic E-state index is 11.7. The van der Waals surface area contributed by atoms with Crippen LogP contribution in [0.4, 0.5) is 5.82 Å². The second-order valence-electron chi connectivity index (χ2n) is 8.26. The number of ether oxygens (including phenoxy) is 1. The molecule has 1 unspecified atom stereocenters. The smallest absolute Gasteiger partial charge is 0.235 e. The Balaban J connectivity index is 1.37. The number of anilines is 1.